The summed E-state index contributed by atoms with van der Waals surface area (Å²) in [7, 11) is 4.03. The number of aromatic nitrogens is 3. The average Bonchev–Trinajstić information content (AvgIpc) is 2.96. The van der Waals surface area contributed by atoms with Crippen molar-refractivity contribution in [2.45, 2.75) is 13.8 Å². The molecular formula is C22H22N4O. The molecule has 2 heterocycles. The lowest BCUT2D eigenvalue weighted by molar-refractivity contribution is 0.444. The molecule has 1 N–H and O–H groups in total. The smallest absolute Gasteiger partial charge is 0.219 e. The van der Waals surface area contributed by atoms with E-state index in [2.05, 4.69) is 35.0 Å². The molecule has 2 aromatic carbocycles. The second-order valence-corrected chi connectivity index (χ2v) is 6.95. The Morgan fingerprint density at radius 2 is 1.63 bits per heavy atom. The first kappa shape index (κ1) is 17.1. The zero-order valence-corrected chi connectivity index (χ0v) is 15.9. The van der Waals surface area contributed by atoms with Crippen LogP contribution in [0.3, 0.4) is 0 Å². The van der Waals surface area contributed by atoms with Crippen molar-refractivity contribution in [1.82, 2.24) is 14.4 Å². The highest BCUT2D eigenvalue weighted by Gasteiger charge is 2.17. The number of hydrogen-bond acceptors (Lipinski definition) is 4. The fraction of sp³-hybridized carbons (Fsp3) is 0.182. The number of fused-ring (bicyclic) bond motifs is 1. The molecule has 0 fully saturated rings. The van der Waals surface area contributed by atoms with E-state index in [4.69, 9.17) is 4.98 Å². The lowest BCUT2D eigenvalue weighted by Gasteiger charge is -2.13. The largest absolute Gasteiger partial charge is 0.493 e. The Labute approximate surface area is 158 Å². The van der Waals surface area contributed by atoms with Gasteiger partial charge in [-0.1, -0.05) is 36.4 Å². The van der Waals surface area contributed by atoms with Crippen LogP contribution in [0.4, 0.5) is 5.69 Å². The van der Waals surface area contributed by atoms with Crippen molar-refractivity contribution >= 4 is 11.3 Å². The van der Waals surface area contributed by atoms with Crippen molar-refractivity contribution in [3.63, 3.8) is 0 Å². The maximum Gasteiger partial charge on any atom is 0.219 e. The van der Waals surface area contributed by atoms with E-state index in [1.165, 1.54) is 0 Å². The van der Waals surface area contributed by atoms with Crippen LogP contribution in [0.1, 0.15) is 11.3 Å². The van der Waals surface area contributed by atoms with Crippen LogP contribution in [0.2, 0.25) is 0 Å². The lowest BCUT2D eigenvalue weighted by Crippen LogP contribution is -2.08. The van der Waals surface area contributed by atoms with Crippen LogP contribution in [0.15, 0.2) is 54.7 Å². The van der Waals surface area contributed by atoms with Crippen LogP contribution in [-0.4, -0.2) is 33.6 Å². The maximum atomic E-state index is 10.5. The minimum absolute atomic E-state index is 0.147. The summed E-state index contributed by atoms with van der Waals surface area (Å²) in [5, 5.41) is 10.5. The average molecular weight is 358 g/mol. The maximum absolute atomic E-state index is 10.5. The number of nitrogens with zero attached hydrogens (tertiary/aromatic N) is 4. The van der Waals surface area contributed by atoms with Crippen LogP contribution < -0.4 is 4.90 Å². The molecule has 0 spiro atoms. The molecule has 27 heavy (non-hydrogen) atoms. The third-order valence-corrected chi connectivity index (χ3v) is 4.83. The van der Waals surface area contributed by atoms with Crippen molar-refractivity contribution in [3.05, 3.63) is 66.0 Å². The number of hydrogen-bond donors (Lipinski definition) is 1. The highest BCUT2D eigenvalue weighted by atomic mass is 16.3. The summed E-state index contributed by atoms with van der Waals surface area (Å²) in [4.78, 5) is 11.5. The summed E-state index contributed by atoms with van der Waals surface area (Å²) >= 11 is 0. The van der Waals surface area contributed by atoms with E-state index in [9.17, 15) is 5.11 Å². The molecule has 0 aliphatic carbocycles. The molecule has 0 aliphatic heterocycles. The van der Waals surface area contributed by atoms with Gasteiger partial charge < -0.3 is 10.0 Å². The summed E-state index contributed by atoms with van der Waals surface area (Å²) < 4.78 is 1.72. The van der Waals surface area contributed by atoms with E-state index in [-0.39, 0.29) is 5.88 Å². The SMILES string of the molecule is Cc1ccccc1-c1nc(-c2ccc(N(C)C)cc2)cn2c(O)c(C)nc12. The van der Waals surface area contributed by atoms with Crippen LogP contribution >= 0.6 is 0 Å². The van der Waals surface area contributed by atoms with E-state index < -0.39 is 0 Å². The van der Waals surface area contributed by atoms with Crippen molar-refractivity contribution in [2.75, 3.05) is 19.0 Å². The van der Waals surface area contributed by atoms with Crippen molar-refractivity contribution in [3.8, 4) is 28.4 Å². The summed E-state index contributed by atoms with van der Waals surface area (Å²) in [6.07, 6.45) is 1.84. The van der Waals surface area contributed by atoms with E-state index in [0.29, 0.717) is 11.3 Å². The molecule has 0 bridgehead atoms. The van der Waals surface area contributed by atoms with Gasteiger partial charge in [0.2, 0.25) is 5.88 Å². The fourth-order valence-corrected chi connectivity index (χ4v) is 3.24. The van der Waals surface area contributed by atoms with E-state index >= 15 is 0 Å². The monoisotopic (exact) mass is 358 g/mol. The minimum atomic E-state index is 0.147. The molecule has 136 valence electrons. The molecule has 0 saturated carbocycles. The second kappa shape index (κ2) is 6.43. The Balaban J connectivity index is 1.97. The number of imidazole rings is 1. The Morgan fingerprint density at radius 3 is 2.30 bits per heavy atom. The van der Waals surface area contributed by atoms with Gasteiger partial charge in [-0.25, -0.2) is 9.97 Å². The lowest BCUT2D eigenvalue weighted by atomic mass is 10.1. The van der Waals surface area contributed by atoms with Gasteiger partial charge in [0.05, 0.1) is 5.69 Å². The first-order valence-corrected chi connectivity index (χ1v) is 8.88. The van der Waals surface area contributed by atoms with Gasteiger partial charge in [0, 0.05) is 37.1 Å². The minimum Gasteiger partial charge on any atom is -0.493 e. The van der Waals surface area contributed by atoms with Gasteiger partial charge in [-0.2, -0.15) is 0 Å². The van der Waals surface area contributed by atoms with E-state index in [0.717, 1.165) is 33.8 Å². The van der Waals surface area contributed by atoms with Gasteiger partial charge >= 0.3 is 0 Å². The molecule has 0 amide bonds. The zero-order chi connectivity index (χ0) is 19.1. The van der Waals surface area contributed by atoms with Crippen LogP contribution in [0, 0.1) is 13.8 Å². The number of benzene rings is 2. The summed E-state index contributed by atoms with van der Waals surface area (Å²) in [5.74, 6) is 0.147. The predicted molar refractivity (Wildman–Crippen MR) is 109 cm³/mol. The zero-order valence-electron chi connectivity index (χ0n) is 15.9. The second-order valence-electron chi connectivity index (χ2n) is 6.95. The van der Waals surface area contributed by atoms with Crippen LogP contribution in [0.5, 0.6) is 5.88 Å². The molecule has 0 aliphatic rings. The third kappa shape index (κ3) is 2.91. The van der Waals surface area contributed by atoms with Crippen molar-refractivity contribution in [1.29, 1.82) is 0 Å². The predicted octanol–water partition coefficient (Wildman–Crippen LogP) is 4.45. The number of anilines is 1. The molecule has 0 atom stereocenters. The van der Waals surface area contributed by atoms with E-state index in [1.807, 2.05) is 50.6 Å². The number of aryl methyl sites for hydroxylation is 2. The fourth-order valence-electron chi connectivity index (χ4n) is 3.24. The third-order valence-electron chi connectivity index (χ3n) is 4.83. The first-order chi connectivity index (χ1) is 13.0. The molecular weight excluding hydrogens is 336 g/mol. The number of rotatable bonds is 3. The molecule has 5 heteroatoms. The highest BCUT2D eigenvalue weighted by Crippen LogP contribution is 2.32. The Hall–Kier alpha value is -3.34. The summed E-state index contributed by atoms with van der Waals surface area (Å²) in [5.41, 5.74) is 7.05. The van der Waals surface area contributed by atoms with Gasteiger partial charge in [0.25, 0.3) is 0 Å². The highest BCUT2D eigenvalue weighted by molar-refractivity contribution is 5.79. The molecule has 4 rings (SSSR count). The van der Waals surface area contributed by atoms with Gasteiger partial charge in [-0.15, -0.1) is 0 Å². The Morgan fingerprint density at radius 1 is 0.926 bits per heavy atom. The van der Waals surface area contributed by atoms with Crippen LogP contribution in [-0.2, 0) is 0 Å². The van der Waals surface area contributed by atoms with Gasteiger partial charge in [0.1, 0.15) is 11.4 Å². The molecule has 4 aromatic rings. The topological polar surface area (TPSA) is 53.7 Å². The molecule has 5 nitrogen and oxygen atoms in total. The quantitative estimate of drug-likeness (QED) is 0.588. The van der Waals surface area contributed by atoms with Crippen LogP contribution in [0.25, 0.3) is 28.2 Å². The first-order valence-electron chi connectivity index (χ1n) is 8.88. The van der Waals surface area contributed by atoms with E-state index in [1.54, 1.807) is 11.3 Å². The Kier molecular flexibility index (Phi) is 4.07. The normalized spacial score (nSPS) is 11.1. The summed E-state index contributed by atoms with van der Waals surface area (Å²) in [6, 6.07) is 16.3. The van der Waals surface area contributed by atoms with Gasteiger partial charge in [-0.05, 0) is 31.5 Å². The van der Waals surface area contributed by atoms with Crippen molar-refractivity contribution < 1.29 is 5.11 Å². The Bertz CT molecular complexity index is 1130. The van der Waals surface area contributed by atoms with Crippen molar-refractivity contribution in [2.24, 2.45) is 0 Å². The van der Waals surface area contributed by atoms with Gasteiger partial charge in [0.15, 0.2) is 5.65 Å². The molecule has 0 radical (unpaired) electrons. The number of aromatic hydroxyl groups is 1. The molecule has 2 aromatic heterocycles. The van der Waals surface area contributed by atoms with Gasteiger partial charge in [-0.3, -0.25) is 4.40 Å². The molecule has 0 saturated heterocycles. The standard InChI is InChI=1S/C22H22N4O/c1-14-7-5-6-8-18(14)20-21-23-15(2)22(27)26(21)13-19(24-20)16-9-11-17(12-10-16)25(3)4/h5-13,27H,1-4H3. The molecule has 0 unspecified atom stereocenters. The summed E-state index contributed by atoms with van der Waals surface area (Å²) in [6.45, 7) is 3.86.